The molecule has 2 saturated heterocycles. The number of carbonyl (C=O) groups excluding carboxylic acids is 2. The molecule has 1 aromatic rings. The molecule has 8 atom stereocenters. The number of hydrogen-bond acceptors (Lipinski definition) is 10. The Labute approximate surface area is 357 Å². The van der Waals surface area contributed by atoms with E-state index >= 15 is 4.79 Å². The van der Waals surface area contributed by atoms with Gasteiger partial charge in [-0.25, -0.2) is 4.63 Å². The monoisotopic (exact) mass is 864 g/mol. The maximum atomic E-state index is 15.1. The van der Waals surface area contributed by atoms with Crippen LogP contribution in [0, 0.1) is 17.3 Å². The van der Waals surface area contributed by atoms with Crippen LogP contribution in [0.15, 0.2) is 16.4 Å². The topological polar surface area (TPSA) is 113 Å². The number of aromatic nitrogens is 2. The van der Waals surface area contributed by atoms with E-state index in [9.17, 15) is 4.79 Å². The summed E-state index contributed by atoms with van der Waals surface area (Å²) in [6.45, 7) is 39.1. The highest BCUT2D eigenvalue weighted by Crippen LogP contribution is 2.49. The average molecular weight is 864 g/mol. The smallest absolute Gasteiger partial charge is 0.309 e. The summed E-state index contributed by atoms with van der Waals surface area (Å²) in [5.74, 6) is -0.415. The minimum Gasteiger partial charge on any atom is -0.458 e. The number of rotatable bonds is 16. The van der Waals surface area contributed by atoms with Gasteiger partial charge in [-0.05, 0) is 98.7 Å². The van der Waals surface area contributed by atoms with Gasteiger partial charge < -0.3 is 18.0 Å². The van der Waals surface area contributed by atoms with Gasteiger partial charge in [-0.1, -0.05) is 107 Å². The Bertz CT molecular complexity index is 1470. The van der Waals surface area contributed by atoms with Crippen molar-refractivity contribution in [3.63, 3.8) is 0 Å². The van der Waals surface area contributed by atoms with Crippen LogP contribution in [0.25, 0.3) is 6.08 Å². The molecule has 0 saturated carbocycles. The molecule has 0 aromatic carbocycles. The molecule has 13 heteroatoms. The molecule has 0 aliphatic carbocycles. The van der Waals surface area contributed by atoms with Gasteiger partial charge in [0.25, 0.3) is 0 Å². The van der Waals surface area contributed by atoms with Gasteiger partial charge in [0.05, 0.1) is 24.8 Å². The van der Waals surface area contributed by atoms with Gasteiger partial charge in [0.2, 0.25) is 0 Å². The molecular formula is C45H85N3O7Si3. The van der Waals surface area contributed by atoms with Crippen LogP contribution >= 0.6 is 0 Å². The lowest BCUT2D eigenvalue weighted by atomic mass is 9.73. The SMILES string of the molecule is CC[Si](CC)(CC)O[C@H]1[C@@H](C)CCC[C@]2(C)[C@H](C[C@@H](/C(C)=C/c3cnon3)OC(=O)C[C@H](O[Si](CC)(CC)CC)C(C)(C)C(=O)[C@@H]1C)N2CCO[Si](C)(C)C(C)(C)C. The summed E-state index contributed by atoms with van der Waals surface area (Å²) in [4.78, 5) is 32.2. The largest absolute Gasteiger partial charge is 0.458 e. The molecule has 3 heterocycles. The van der Waals surface area contributed by atoms with Gasteiger partial charge in [0.15, 0.2) is 25.0 Å². The van der Waals surface area contributed by atoms with E-state index in [-0.39, 0.29) is 52.7 Å². The Kier molecular flexibility index (Phi) is 18.1. The molecule has 0 bridgehead atoms. The second-order valence-corrected chi connectivity index (χ2v) is 34.5. The van der Waals surface area contributed by atoms with Crippen molar-refractivity contribution in [3.8, 4) is 0 Å². The standard InChI is InChI=1S/C45H85N3O7Si3/c1-18-57(19-2,20-3)53-39-31-40(49)52-37(34(8)29-36-32-46-55-47-36)30-38-45(15,48(38)27-28-51-56(16,17)43(10,11)12)26-24-25-33(7)41(35(9)42(50)44(39,13)14)54-58(21-4,22-5)23-6/h29,32-33,35,37-39,41H,18-28,30-31H2,1-17H3/b34-29+/t33-,35+,37-,38-,39-,41-,45+,48?/m0/s1. The lowest BCUT2D eigenvalue weighted by Crippen LogP contribution is -2.53. The zero-order valence-corrected chi connectivity index (χ0v) is 43.0. The predicted octanol–water partition coefficient (Wildman–Crippen LogP) is 11.5. The number of Topliss-reactive ketones (excluding diaryl/α,β-unsaturated/α-hetero) is 1. The second-order valence-electron chi connectivity index (χ2n) is 20.2. The molecule has 334 valence electrons. The number of fused-ring (bicyclic) bond motifs is 1. The average Bonchev–Trinajstić information content (AvgIpc) is 3.43. The molecule has 2 aliphatic rings. The van der Waals surface area contributed by atoms with Gasteiger partial charge in [-0.15, -0.1) is 0 Å². The Morgan fingerprint density at radius 3 is 2.03 bits per heavy atom. The number of hydrogen-bond donors (Lipinski definition) is 0. The van der Waals surface area contributed by atoms with Crippen molar-refractivity contribution in [1.29, 1.82) is 0 Å². The van der Waals surface area contributed by atoms with E-state index in [1.807, 2.05) is 26.8 Å². The molecule has 0 N–H and O–H groups in total. The molecule has 2 aliphatic heterocycles. The van der Waals surface area contributed by atoms with Crippen LogP contribution in [0.5, 0.6) is 0 Å². The van der Waals surface area contributed by atoms with E-state index in [2.05, 4.69) is 111 Å². The number of ether oxygens (including phenoxy) is 1. The zero-order chi connectivity index (χ0) is 43.9. The van der Waals surface area contributed by atoms with Crippen LogP contribution in [-0.2, 0) is 27.6 Å². The van der Waals surface area contributed by atoms with Crippen LogP contribution in [0.3, 0.4) is 0 Å². The Morgan fingerprint density at radius 1 is 0.948 bits per heavy atom. The summed E-state index contributed by atoms with van der Waals surface area (Å²) in [5, 5.41) is 7.97. The molecule has 0 amide bonds. The molecular weight excluding hydrogens is 779 g/mol. The molecule has 10 nitrogen and oxygen atoms in total. The minimum absolute atomic E-state index is 0.000152. The van der Waals surface area contributed by atoms with Gasteiger partial charge in [0.1, 0.15) is 17.6 Å². The first-order chi connectivity index (χ1) is 27.0. The van der Waals surface area contributed by atoms with E-state index in [1.54, 1.807) is 6.20 Å². The van der Waals surface area contributed by atoms with Crippen molar-refractivity contribution < 1.29 is 32.2 Å². The highest BCUT2D eigenvalue weighted by Gasteiger charge is 2.59. The highest BCUT2D eigenvalue weighted by molar-refractivity contribution is 6.74. The fraction of sp³-hybridized carbons (Fsp3) is 0.867. The Morgan fingerprint density at radius 2 is 1.52 bits per heavy atom. The molecule has 0 spiro atoms. The van der Waals surface area contributed by atoms with Gasteiger partial charge >= 0.3 is 5.97 Å². The van der Waals surface area contributed by atoms with Gasteiger partial charge in [0, 0.05) is 42.5 Å². The number of esters is 1. The maximum absolute atomic E-state index is 15.1. The number of carbonyl (C=O) groups is 2. The minimum atomic E-state index is -2.27. The van der Waals surface area contributed by atoms with Crippen molar-refractivity contribution in [2.75, 3.05) is 13.2 Å². The van der Waals surface area contributed by atoms with E-state index in [0.717, 1.165) is 67.6 Å². The summed E-state index contributed by atoms with van der Waals surface area (Å²) >= 11 is 0. The van der Waals surface area contributed by atoms with Crippen LogP contribution < -0.4 is 0 Å². The van der Waals surface area contributed by atoms with Crippen molar-refractivity contribution in [3.05, 3.63) is 17.5 Å². The zero-order valence-electron chi connectivity index (χ0n) is 40.0. The highest BCUT2D eigenvalue weighted by atomic mass is 28.4. The first-order valence-corrected chi connectivity index (χ1v) is 30.9. The first kappa shape index (κ1) is 50.9. The third-order valence-corrected chi connectivity index (χ3v) is 29.3. The van der Waals surface area contributed by atoms with Gasteiger partial charge in [-0.2, -0.15) is 0 Å². The summed E-state index contributed by atoms with van der Waals surface area (Å²) in [6, 6.07) is 6.00. The summed E-state index contributed by atoms with van der Waals surface area (Å²) in [7, 11) is -6.28. The van der Waals surface area contributed by atoms with E-state index in [4.69, 9.17) is 22.6 Å². The van der Waals surface area contributed by atoms with Crippen molar-refractivity contribution in [1.82, 2.24) is 15.2 Å². The van der Waals surface area contributed by atoms with Crippen molar-refractivity contribution in [2.24, 2.45) is 17.3 Å². The molecule has 1 aromatic heterocycles. The van der Waals surface area contributed by atoms with Gasteiger partial charge in [-0.3, -0.25) is 14.5 Å². The third-order valence-electron chi connectivity index (χ3n) is 15.5. The number of nitrogens with zero attached hydrogens (tertiary/aromatic N) is 3. The molecule has 2 fully saturated rings. The number of ketones is 1. The lowest BCUT2D eigenvalue weighted by molar-refractivity contribution is -0.153. The Balaban J connectivity index is 2.15. The van der Waals surface area contributed by atoms with Crippen molar-refractivity contribution >= 4 is 42.8 Å². The Hall–Kier alpha value is -1.49. The normalized spacial score (nSPS) is 29.9. The van der Waals surface area contributed by atoms with E-state index in [1.165, 1.54) is 0 Å². The van der Waals surface area contributed by atoms with Crippen LogP contribution in [-0.4, -0.2) is 95.0 Å². The molecule has 3 rings (SSSR count). The molecule has 1 unspecified atom stereocenters. The maximum Gasteiger partial charge on any atom is 0.309 e. The first-order valence-electron chi connectivity index (χ1n) is 22.9. The third kappa shape index (κ3) is 11.9. The van der Waals surface area contributed by atoms with Crippen LogP contribution in [0.2, 0.25) is 54.4 Å². The molecule has 58 heavy (non-hydrogen) atoms. The van der Waals surface area contributed by atoms with E-state index in [0.29, 0.717) is 18.7 Å². The van der Waals surface area contributed by atoms with Crippen LogP contribution in [0.1, 0.15) is 142 Å². The summed E-state index contributed by atoms with van der Waals surface area (Å²) in [5.41, 5.74) is 0.411. The number of cyclic esters (lactones) is 1. The fourth-order valence-electron chi connectivity index (χ4n) is 9.33. The van der Waals surface area contributed by atoms with Crippen molar-refractivity contribution in [2.45, 2.75) is 220 Å². The fourth-order valence-corrected chi connectivity index (χ4v) is 16.4. The second kappa shape index (κ2) is 20.6. The predicted molar refractivity (Wildman–Crippen MR) is 244 cm³/mol. The van der Waals surface area contributed by atoms with Crippen LogP contribution in [0.4, 0.5) is 0 Å². The summed E-state index contributed by atoms with van der Waals surface area (Å²) in [6.07, 6.45) is 5.73. The lowest BCUT2D eigenvalue weighted by Gasteiger charge is -2.44. The molecule has 0 radical (unpaired) electrons. The van der Waals surface area contributed by atoms with E-state index < -0.39 is 42.6 Å². The summed E-state index contributed by atoms with van der Waals surface area (Å²) < 4.78 is 32.8. The quantitative estimate of drug-likeness (QED) is 0.0904.